The second-order valence-electron chi connectivity index (χ2n) is 4.59. The Bertz CT molecular complexity index is 550. The molecule has 4 nitrogen and oxygen atoms in total. The van der Waals surface area contributed by atoms with Gasteiger partial charge in [0.1, 0.15) is 12.1 Å². The average Bonchev–Trinajstić information content (AvgIpc) is 2.96. The fourth-order valence-electron chi connectivity index (χ4n) is 2.27. The summed E-state index contributed by atoms with van der Waals surface area (Å²) in [4.78, 5) is 10.6. The lowest BCUT2D eigenvalue weighted by Gasteiger charge is -2.18. The van der Waals surface area contributed by atoms with Gasteiger partial charge in [-0.05, 0) is 59.7 Å². The van der Waals surface area contributed by atoms with E-state index in [-0.39, 0.29) is 0 Å². The van der Waals surface area contributed by atoms with Crippen molar-refractivity contribution in [2.45, 2.75) is 12.8 Å². The van der Waals surface area contributed by atoms with Crippen LogP contribution in [-0.4, -0.2) is 23.1 Å². The predicted octanol–water partition coefficient (Wildman–Crippen LogP) is 3.43. The Balaban J connectivity index is 1.74. The average molecular weight is 366 g/mol. The Morgan fingerprint density at radius 1 is 1.11 bits per heavy atom. The number of halogens is 1. The summed E-state index contributed by atoms with van der Waals surface area (Å²) in [5, 5.41) is 3.31. The van der Waals surface area contributed by atoms with Gasteiger partial charge in [-0.25, -0.2) is 9.97 Å². The highest BCUT2D eigenvalue weighted by atomic mass is 127. The van der Waals surface area contributed by atoms with Gasteiger partial charge in [0, 0.05) is 30.7 Å². The molecule has 0 bridgehead atoms. The summed E-state index contributed by atoms with van der Waals surface area (Å²) < 4.78 is 1.02. The third-order valence-corrected chi connectivity index (χ3v) is 4.06. The minimum atomic E-state index is 0.851. The number of nitrogens with one attached hydrogen (secondary N) is 1. The zero-order valence-corrected chi connectivity index (χ0v) is 12.7. The number of rotatable bonds is 3. The van der Waals surface area contributed by atoms with E-state index in [1.54, 1.807) is 12.5 Å². The molecule has 1 aliphatic rings. The number of hydrogen-bond donors (Lipinski definition) is 1. The minimum Gasteiger partial charge on any atom is -0.372 e. The molecule has 19 heavy (non-hydrogen) atoms. The van der Waals surface area contributed by atoms with Crippen molar-refractivity contribution in [3.63, 3.8) is 0 Å². The van der Waals surface area contributed by atoms with Crippen molar-refractivity contribution in [1.82, 2.24) is 9.97 Å². The van der Waals surface area contributed by atoms with Gasteiger partial charge in [0.25, 0.3) is 0 Å². The number of hydrogen-bond acceptors (Lipinski definition) is 4. The molecule has 98 valence electrons. The zero-order chi connectivity index (χ0) is 13.1. The van der Waals surface area contributed by atoms with Crippen LogP contribution < -0.4 is 10.2 Å². The topological polar surface area (TPSA) is 41.1 Å². The van der Waals surface area contributed by atoms with Crippen molar-refractivity contribution in [2.75, 3.05) is 23.3 Å². The Labute approximate surface area is 126 Å². The molecule has 0 aliphatic carbocycles. The number of anilines is 3. The van der Waals surface area contributed by atoms with Crippen LogP contribution >= 0.6 is 22.6 Å². The molecule has 2 aromatic rings. The Kier molecular flexibility index (Phi) is 3.82. The second kappa shape index (κ2) is 5.73. The number of nitrogens with zero attached hydrogens (tertiary/aromatic N) is 3. The van der Waals surface area contributed by atoms with Gasteiger partial charge in [0.15, 0.2) is 0 Å². The summed E-state index contributed by atoms with van der Waals surface area (Å²) >= 11 is 2.23. The lowest BCUT2D eigenvalue weighted by atomic mass is 10.2. The van der Waals surface area contributed by atoms with E-state index in [1.807, 2.05) is 0 Å². The first kappa shape index (κ1) is 12.7. The highest BCUT2D eigenvalue weighted by Crippen LogP contribution is 2.24. The largest absolute Gasteiger partial charge is 0.372 e. The lowest BCUT2D eigenvalue weighted by molar-refractivity contribution is 0.949. The third kappa shape index (κ3) is 2.97. The highest BCUT2D eigenvalue weighted by molar-refractivity contribution is 14.1. The molecule has 2 heterocycles. The van der Waals surface area contributed by atoms with Gasteiger partial charge in [0.05, 0.1) is 3.57 Å². The van der Waals surface area contributed by atoms with Crippen LogP contribution in [0.25, 0.3) is 0 Å². The smallest absolute Gasteiger partial charge is 0.147 e. The molecule has 1 aliphatic heterocycles. The first-order chi connectivity index (χ1) is 9.33. The van der Waals surface area contributed by atoms with Crippen LogP contribution in [0.1, 0.15) is 12.8 Å². The Morgan fingerprint density at radius 2 is 1.84 bits per heavy atom. The summed E-state index contributed by atoms with van der Waals surface area (Å²) in [5.74, 6) is 0.851. The molecule has 0 amide bonds. The summed E-state index contributed by atoms with van der Waals surface area (Å²) in [6.07, 6.45) is 5.97. The van der Waals surface area contributed by atoms with Crippen LogP contribution in [0.3, 0.4) is 0 Å². The Hall–Kier alpha value is -1.37. The van der Waals surface area contributed by atoms with Gasteiger partial charge in [0.2, 0.25) is 0 Å². The van der Waals surface area contributed by atoms with Gasteiger partial charge in [-0.2, -0.15) is 0 Å². The summed E-state index contributed by atoms with van der Waals surface area (Å²) in [6.45, 7) is 2.35. The molecule has 1 aromatic carbocycles. The predicted molar refractivity (Wildman–Crippen MR) is 85.9 cm³/mol. The molecule has 0 spiro atoms. The summed E-state index contributed by atoms with van der Waals surface area (Å²) in [6, 6.07) is 8.54. The Morgan fingerprint density at radius 3 is 2.53 bits per heavy atom. The molecule has 3 rings (SSSR count). The van der Waals surface area contributed by atoms with Crippen molar-refractivity contribution in [3.05, 3.63) is 40.4 Å². The van der Waals surface area contributed by atoms with E-state index in [1.165, 1.54) is 31.6 Å². The van der Waals surface area contributed by atoms with Crippen LogP contribution in [0.4, 0.5) is 17.2 Å². The fraction of sp³-hybridized carbons (Fsp3) is 0.286. The molecule has 5 heteroatoms. The maximum absolute atomic E-state index is 4.23. The van der Waals surface area contributed by atoms with E-state index in [9.17, 15) is 0 Å². The first-order valence-electron chi connectivity index (χ1n) is 6.40. The molecule has 1 aromatic heterocycles. The lowest BCUT2D eigenvalue weighted by Crippen LogP contribution is -2.17. The van der Waals surface area contributed by atoms with Crippen LogP contribution in [0.2, 0.25) is 0 Å². The van der Waals surface area contributed by atoms with E-state index in [0.29, 0.717) is 0 Å². The molecular weight excluding hydrogens is 351 g/mol. The second-order valence-corrected chi connectivity index (χ2v) is 5.75. The van der Waals surface area contributed by atoms with Crippen molar-refractivity contribution in [2.24, 2.45) is 0 Å². The van der Waals surface area contributed by atoms with E-state index >= 15 is 0 Å². The minimum absolute atomic E-state index is 0.851. The van der Waals surface area contributed by atoms with Gasteiger partial charge in [-0.15, -0.1) is 0 Å². The van der Waals surface area contributed by atoms with Crippen molar-refractivity contribution in [3.8, 4) is 0 Å². The van der Waals surface area contributed by atoms with Crippen LogP contribution in [0.15, 0.2) is 36.8 Å². The van der Waals surface area contributed by atoms with E-state index in [2.05, 4.69) is 67.0 Å². The molecule has 1 N–H and O–H groups in total. The number of benzene rings is 1. The molecule has 0 saturated carbocycles. The van der Waals surface area contributed by atoms with Gasteiger partial charge < -0.3 is 10.2 Å². The molecule has 0 unspecified atom stereocenters. The van der Waals surface area contributed by atoms with E-state index < -0.39 is 0 Å². The molecule has 0 atom stereocenters. The monoisotopic (exact) mass is 366 g/mol. The molecule has 1 fully saturated rings. The van der Waals surface area contributed by atoms with Crippen molar-refractivity contribution < 1.29 is 0 Å². The fourth-order valence-corrected chi connectivity index (χ4v) is 2.71. The summed E-state index contributed by atoms with van der Waals surface area (Å²) in [5.41, 5.74) is 2.36. The molecule has 0 radical (unpaired) electrons. The first-order valence-corrected chi connectivity index (χ1v) is 7.48. The van der Waals surface area contributed by atoms with E-state index in [4.69, 9.17) is 0 Å². The maximum atomic E-state index is 4.23. The van der Waals surface area contributed by atoms with Crippen LogP contribution in [0, 0.1) is 3.57 Å². The van der Waals surface area contributed by atoms with Gasteiger partial charge in [-0.3, -0.25) is 0 Å². The van der Waals surface area contributed by atoms with Crippen LogP contribution in [0.5, 0.6) is 0 Å². The standard InChI is InChI=1S/C14H15IN4/c15-13-9-16-10-17-14(13)18-11-3-5-12(6-4-11)19-7-1-2-8-19/h3-6,9-10H,1-2,7-8H2,(H,16,17,18). The van der Waals surface area contributed by atoms with E-state index in [0.717, 1.165) is 15.1 Å². The third-order valence-electron chi connectivity index (χ3n) is 3.27. The van der Waals surface area contributed by atoms with Gasteiger partial charge in [-0.1, -0.05) is 0 Å². The zero-order valence-electron chi connectivity index (χ0n) is 10.5. The quantitative estimate of drug-likeness (QED) is 0.846. The molecular formula is C14H15IN4. The van der Waals surface area contributed by atoms with Gasteiger partial charge >= 0.3 is 0 Å². The van der Waals surface area contributed by atoms with Crippen molar-refractivity contribution in [1.29, 1.82) is 0 Å². The van der Waals surface area contributed by atoms with Crippen LogP contribution in [-0.2, 0) is 0 Å². The normalized spacial score (nSPS) is 14.7. The van der Waals surface area contributed by atoms with Crippen molar-refractivity contribution >= 4 is 39.8 Å². The summed E-state index contributed by atoms with van der Waals surface area (Å²) in [7, 11) is 0. The highest BCUT2D eigenvalue weighted by Gasteiger charge is 2.11. The SMILES string of the molecule is Ic1cncnc1Nc1ccc(N2CCCC2)cc1. The number of aromatic nitrogens is 2. The maximum Gasteiger partial charge on any atom is 0.147 e. The molecule has 1 saturated heterocycles.